The molecular formula is C19H17FN4OS. The van der Waals surface area contributed by atoms with Gasteiger partial charge in [-0.15, -0.1) is 16.8 Å². The van der Waals surface area contributed by atoms with Gasteiger partial charge in [0.05, 0.1) is 5.75 Å². The van der Waals surface area contributed by atoms with Gasteiger partial charge in [0, 0.05) is 30.9 Å². The molecule has 7 heteroatoms. The maximum atomic E-state index is 13.7. The van der Waals surface area contributed by atoms with Crippen LogP contribution < -0.4 is 0 Å². The van der Waals surface area contributed by atoms with Gasteiger partial charge in [-0.2, -0.15) is 0 Å². The summed E-state index contributed by atoms with van der Waals surface area (Å²) in [5, 5.41) is 9.01. The molecule has 0 aliphatic carbocycles. The Kier molecular flexibility index (Phi) is 5.91. The fourth-order valence-electron chi connectivity index (χ4n) is 2.45. The molecule has 0 saturated carbocycles. The molecule has 3 rings (SSSR count). The Morgan fingerprint density at radius 1 is 1.23 bits per heavy atom. The SMILES string of the molecule is C=CCn1c(SCC(=O)Cc2ccccc2F)nnc1-c1cccnc1. The van der Waals surface area contributed by atoms with E-state index in [1.807, 2.05) is 16.7 Å². The Hall–Kier alpha value is -2.80. The van der Waals surface area contributed by atoms with Gasteiger partial charge in [0.2, 0.25) is 0 Å². The topological polar surface area (TPSA) is 60.7 Å². The Morgan fingerprint density at radius 3 is 2.81 bits per heavy atom. The monoisotopic (exact) mass is 368 g/mol. The average molecular weight is 368 g/mol. The van der Waals surface area contributed by atoms with Crippen molar-refractivity contribution in [1.29, 1.82) is 0 Å². The number of nitrogens with zero attached hydrogens (tertiary/aromatic N) is 4. The molecule has 3 aromatic rings. The summed E-state index contributed by atoms with van der Waals surface area (Å²) in [7, 11) is 0. The number of Topliss-reactive ketones (excluding diaryl/α,β-unsaturated/α-hetero) is 1. The maximum absolute atomic E-state index is 13.7. The van der Waals surface area contributed by atoms with E-state index in [1.54, 1.807) is 36.7 Å². The molecule has 0 bridgehead atoms. The van der Waals surface area contributed by atoms with Crippen molar-refractivity contribution < 1.29 is 9.18 Å². The molecule has 1 aromatic carbocycles. The summed E-state index contributed by atoms with van der Waals surface area (Å²) in [6.45, 7) is 4.28. The van der Waals surface area contributed by atoms with Crippen LogP contribution in [-0.2, 0) is 17.8 Å². The zero-order valence-electron chi connectivity index (χ0n) is 14.0. The molecular weight excluding hydrogens is 351 g/mol. The number of carbonyl (C=O) groups is 1. The minimum atomic E-state index is -0.362. The van der Waals surface area contributed by atoms with Crippen LogP contribution in [0.25, 0.3) is 11.4 Å². The van der Waals surface area contributed by atoms with Crippen LogP contribution in [0.2, 0.25) is 0 Å². The third-order valence-electron chi connectivity index (χ3n) is 3.66. The van der Waals surface area contributed by atoms with Crippen LogP contribution in [0.5, 0.6) is 0 Å². The lowest BCUT2D eigenvalue weighted by molar-refractivity contribution is -0.116. The van der Waals surface area contributed by atoms with Gasteiger partial charge in [-0.1, -0.05) is 36.0 Å². The lowest BCUT2D eigenvalue weighted by Crippen LogP contribution is -2.08. The summed E-state index contributed by atoms with van der Waals surface area (Å²) in [6.07, 6.45) is 5.20. The van der Waals surface area contributed by atoms with Gasteiger partial charge in [0.25, 0.3) is 0 Å². The van der Waals surface area contributed by atoms with E-state index >= 15 is 0 Å². The largest absolute Gasteiger partial charge is 0.298 e. The predicted octanol–water partition coefficient (Wildman–Crippen LogP) is 3.57. The zero-order chi connectivity index (χ0) is 18.4. The van der Waals surface area contributed by atoms with Crippen LogP contribution in [0.1, 0.15) is 5.56 Å². The molecule has 0 radical (unpaired) electrons. The third-order valence-corrected chi connectivity index (χ3v) is 4.68. The number of benzene rings is 1. The fraction of sp³-hybridized carbons (Fsp3) is 0.158. The highest BCUT2D eigenvalue weighted by molar-refractivity contribution is 7.99. The first-order valence-corrected chi connectivity index (χ1v) is 9.00. The molecule has 0 fully saturated rings. The van der Waals surface area contributed by atoms with E-state index in [4.69, 9.17) is 0 Å². The number of halogens is 1. The lowest BCUT2D eigenvalue weighted by Gasteiger charge is -2.07. The van der Waals surface area contributed by atoms with Crippen molar-refractivity contribution in [2.45, 2.75) is 18.1 Å². The second-order valence-electron chi connectivity index (χ2n) is 5.54. The molecule has 5 nitrogen and oxygen atoms in total. The second kappa shape index (κ2) is 8.53. The quantitative estimate of drug-likeness (QED) is 0.449. The first-order chi connectivity index (χ1) is 12.7. The molecule has 0 N–H and O–H groups in total. The average Bonchev–Trinajstić information content (AvgIpc) is 3.06. The van der Waals surface area contributed by atoms with Crippen LogP contribution in [0.15, 0.2) is 66.6 Å². The molecule has 0 unspecified atom stereocenters. The van der Waals surface area contributed by atoms with Gasteiger partial charge in [0.15, 0.2) is 11.0 Å². The second-order valence-corrected chi connectivity index (χ2v) is 6.49. The number of rotatable bonds is 8. The van der Waals surface area contributed by atoms with Crippen LogP contribution in [0.3, 0.4) is 0 Å². The van der Waals surface area contributed by atoms with E-state index < -0.39 is 0 Å². The van der Waals surface area contributed by atoms with Gasteiger partial charge < -0.3 is 0 Å². The van der Waals surface area contributed by atoms with Crippen molar-refractivity contribution >= 4 is 17.5 Å². The molecule has 0 saturated heterocycles. The normalized spacial score (nSPS) is 10.7. The van der Waals surface area contributed by atoms with E-state index in [0.717, 1.165) is 5.56 Å². The van der Waals surface area contributed by atoms with E-state index in [2.05, 4.69) is 21.8 Å². The number of carbonyl (C=O) groups excluding carboxylic acids is 1. The summed E-state index contributed by atoms with van der Waals surface area (Å²) < 4.78 is 15.5. The molecule has 0 aliphatic rings. The van der Waals surface area contributed by atoms with Crippen molar-refractivity contribution in [3.8, 4) is 11.4 Å². The molecule has 0 amide bonds. The Labute approximate surface area is 155 Å². The van der Waals surface area contributed by atoms with Gasteiger partial charge >= 0.3 is 0 Å². The first-order valence-electron chi connectivity index (χ1n) is 8.01. The molecule has 2 aromatic heterocycles. The third kappa shape index (κ3) is 4.23. The fourth-order valence-corrected chi connectivity index (χ4v) is 3.26. The van der Waals surface area contributed by atoms with Crippen LogP contribution in [-0.4, -0.2) is 31.3 Å². The predicted molar refractivity (Wildman–Crippen MR) is 99.3 cm³/mol. The number of ketones is 1. The van der Waals surface area contributed by atoms with Crippen LogP contribution in [0.4, 0.5) is 4.39 Å². The van der Waals surface area contributed by atoms with Crippen LogP contribution in [0, 0.1) is 5.82 Å². The van der Waals surface area contributed by atoms with Crippen molar-refractivity contribution in [2.24, 2.45) is 0 Å². The van der Waals surface area contributed by atoms with Crippen molar-refractivity contribution in [2.75, 3.05) is 5.75 Å². The molecule has 0 atom stereocenters. The van der Waals surface area contributed by atoms with Gasteiger partial charge in [-0.25, -0.2) is 4.39 Å². The maximum Gasteiger partial charge on any atom is 0.192 e. The minimum Gasteiger partial charge on any atom is -0.298 e. The number of aromatic nitrogens is 4. The van der Waals surface area contributed by atoms with Gasteiger partial charge in [-0.3, -0.25) is 14.3 Å². The van der Waals surface area contributed by atoms with E-state index in [9.17, 15) is 9.18 Å². The van der Waals surface area contributed by atoms with Crippen molar-refractivity contribution in [3.05, 3.63) is 72.8 Å². The van der Waals surface area contributed by atoms with E-state index in [1.165, 1.54) is 17.8 Å². The van der Waals surface area contributed by atoms with Crippen molar-refractivity contribution in [1.82, 2.24) is 19.7 Å². The Morgan fingerprint density at radius 2 is 2.08 bits per heavy atom. The van der Waals surface area contributed by atoms with Crippen LogP contribution >= 0.6 is 11.8 Å². The van der Waals surface area contributed by atoms with Gasteiger partial charge in [0.1, 0.15) is 11.6 Å². The molecule has 132 valence electrons. The number of allylic oxidation sites excluding steroid dienone is 1. The van der Waals surface area contributed by atoms with E-state index in [-0.39, 0.29) is 23.8 Å². The molecule has 26 heavy (non-hydrogen) atoms. The summed E-state index contributed by atoms with van der Waals surface area (Å²) in [4.78, 5) is 16.3. The summed E-state index contributed by atoms with van der Waals surface area (Å²) in [5.74, 6) is 0.425. The minimum absolute atomic E-state index is 0.0602. The van der Waals surface area contributed by atoms with Gasteiger partial charge in [-0.05, 0) is 23.8 Å². The lowest BCUT2D eigenvalue weighted by atomic mass is 10.1. The van der Waals surface area contributed by atoms with E-state index in [0.29, 0.717) is 23.1 Å². The Balaban J connectivity index is 1.72. The number of hydrogen-bond donors (Lipinski definition) is 0. The number of thioether (sulfide) groups is 1. The molecule has 0 spiro atoms. The standard InChI is InChI=1S/C19H17FN4OS/c1-2-10-24-18(15-7-5-9-21-12-15)22-23-19(24)26-13-16(25)11-14-6-3-4-8-17(14)20/h2-9,12H,1,10-11,13H2. The molecule has 0 aliphatic heterocycles. The Bertz CT molecular complexity index is 911. The number of hydrogen-bond acceptors (Lipinski definition) is 5. The van der Waals surface area contributed by atoms with Crippen molar-refractivity contribution in [3.63, 3.8) is 0 Å². The summed E-state index contributed by atoms with van der Waals surface area (Å²) >= 11 is 1.28. The highest BCUT2D eigenvalue weighted by Crippen LogP contribution is 2.24. The highest BCUT2D eigenvalue weighted by atomic mass is 32.2. The molecule has 2 heterocycles. The number of pyridine rings is 1. The summed E-state index contributed by atoms with van der Waals surface area (Å²) in [6, 6.07) is 10.0. The highest BCUT2D eigenvalue weighted by Gasteiger charge is 2.15. The zero-order valence-corrected chi connectivity index (χ0v) is 14.8. The summed E-state index contributed by atoms with van der Waals surface area (Å²) in [5.41, 5.74) is 1.24. The first kappa shape index (κ1) is 18.0. The smallest absolute Gasteiger partial charge is 0.192 e.